The van der Waals surface area contributed by atoms with Crippen LogP contribution in [0.1, 0.15) is 23.1 Å². The van der Waals surface area contributed by atoms with E-state index < -0.39 is 0 Å². The van der Waals surface area contributed by atoms with Gasteiger partial charge in [0.05, 0.1) is 17.6 Å². The van der Waals surface area contributed by atoms with E-state index in [0.717, 1.165) is 0 Å². The first-order chi connectivity index (χ1) is 8.13. The van der Waals surface area contributed by atoms with Crippen LogP contribution in [0.25, 0.3) is 0 Å². The summed E-state index contributed by atoms with van der Waals surface area (Å²) in [7, 11) is 1.68. The minimum absolute atomic E-state index is 0.333. The van der Waals surface area contributed by atoms with E-state index in [4.69, 9.17) is 5.73 Å². The van der Waals surface area contributed by atoms with Crippen molar-refractivity contribution < 1.29 is 9.32 Å². The SMILES string of the molecule is CCc1nn(C)c(C(=O)Nc2cnoc2)c1N. The van der Waals surface area contributed by atoms with Gasteiger partial charge in [-0.1, -0.05) is 12.1 Å². The van der Waals surface area contributed by atoms with Gasteiger partial charge in [0.2, 0.25) is 0 Å². The molecule has 2 heterocycles. The zero-order valence-electron chi connectivity index (χ0n) is 9.60. The van der Waals surface area contributed by atoms with Crippen molar-refractivity contribution in [2.45, 2.75) is 13.3 Å². The summed E-state index contributed by atoms with van der Waals surface area (Å²) in [5, 5.41) is 10.3. The molecule has 2 aromatic rings. The number of carbonyl (C=O) groups excluding carboxylic acids is 1. The van der Waals surface area contributed by atoms with Gasteiger partial charge in [0.1, 0.15) is 17.6 Å². The van der Waals surface area contributed by atoms with Crippen LogP contribution >= 0.6 is 0 Å². The summed E-state index contributed by atoms with van der Waals surface area (Å²) in [6.45, 7) is 1.93. The third-order valence-corrected chi connectivity index (χ3v) is 2.40. The average Bonchev–Trinajstić information content (AvgIpc) is 2.87. The molecule has 17 heavy (non-hydrogen) atoms. The van der Waals surface area contributed by atoms with Crippen LogP contribution < -0.4 is 11.1 Å². The lowest BCUT2D eigenvalue weighted by atomic mass is 10.2. The summed E-state index contributed by atoms with van der Waals surface area (Å²) >= 11 is 0. The fraction of sp³-hybridized carbons (Fsp3) is 0.300. The van der Waals surface area contributed by atoms with Crippen molar-refractivity contribution in [2.75, 3.05) is 11.1 Å². The molecule has 0 spiro atoms. The van der Waals surface area contributed by atoms with Gasteiger partial charge in [-0.3, -0.25) is 9.48 Å². The van der Waals surface area contributed by atoms with E-state index in [1.54, 1.807) is 7.05 Å². The Morgan fingerprint density at radius 3 is 2.94 bits per heavy atom. The predicted molar refractivity (Wildman–Crippen MR) is 61.5 cm³/mol. The molecule has 0 saturated carbocycles. The molecule has 3 N–H and O–H groups in total. The Balaban J connectivity index is 2.28. The normalized spacial score (nSPS) is 10.5. The molecular weight excluding hydrogens is 222 g/mol. The lowest BCUT2D eigenvalue weighted by molar-refractivity contribution is 0.101. The molecule has 0 bridgehead atoms. The number of amides is 1. The Morgan fingerprint density at radius 2 is 2.41 bits per heavy atom. The summed E-state index contributed by atoms with van der Waals surface area (Å²) in [6.07, 6.45) is 3.43. The Morgan fingerprint density at radius 1 is 1.65 bits per heavy atom. The standard InChI is InChI=1S/C10H13N5O2/c1-3-7-8(11)9(15(2)14-7)10(16)13-6-4-12-17-5-6/h4-5H,3,11H2,1-2H3,(H,13,16). The van der Waals surface area contributed by atoms with E-state index in [2.05, 4.69) is 20.1 Å². The van der Waals surface area contributed by atoms with Crippen LogP contribution in [0, 0.1) is 0 Å². The Labute approximate surface area is 97.6 Å². The molecule has 7 nitrogen and oxygen atoms in total. The molecular formula is C10H13N5O2. The van der Waals surface area contributed by atoms with Gasteiger partial charge in [-0.15, -0.1) is 0 Å². The van der Waals surface area contributed by atoms with Gasteiger partial charge in [-0.25, -0.2) is 0 Å². The Bertz CT molecular complexity index is 529. The van der Waals surface area contributed by atoms with Gasteiger partial charge >= 0.3 is 0 Å². The number of hydrogen-bond donors (Lipinski definition) is 2. The van der Waals surface area contributed by atoms with Crippen LogP contribution in [0.3, 0.4) is 0 Å². The summed E-state index contributed by atoms with van der Waals surface area (Å²) in [6, 6.07) is 0. The molecule has 1 amide bonds. The highest BCUT2D eigenvalue weighted by Crippen LogP contribution is 2.18. The number of aromatic nitrogens is 3. The number of nitrogens with two attached hydrogens (primary N) is 1. The molecule has 0 fully saturated rings. The Hall–Kier alpha value is -2.31. The van der Waals surface area contributed by atoms with Gasteiger partial charge in [0, 0.05) is 7.05 Å². The zero-order valence-corrected chi connectivity index (χ0v) is 9.60. The second-order valence-corrected chi connectivity index (χ2v) is 3.55. The number of carbonyl (C=O) groups is 1. The molecule has 90 valence electrons. The maximum atomic E-state index is 12.0. The molecule has 0 atom stereocenters. The summed E-state index contributed by atoms with van der Waals surface area (Å²) in [5.41, 5.74) is 7.80. The van der Waals surface area contributed by atoms with Gasteiger partial charge in [0.25, 0.3) is 5.91 Å². The summed E-state index contributed by atoms with van der Waals surface area (Å²) < 4.78 is 6.09. The third-order valence-electron chi connectivity index (χ3n) is 2.40. The molecule has 0 aliphatic rings. The van der Waals surface area contributed by atoms with Crippen molar-refractivity contribution >= 4 is 17.3 Å². The highest BCUT2D eigenvalue weighted by Gasteiger charge is 2.19. The molecule has 2 aromatic heterocycles. The van der Waals surface area contributed by atoms with Gasteiger partial charge in [-0.2, -0.15) is 5.10 Å². The third kappa shape index (κ3) is 1.99. The maximum absolute atomic E-state index is 12.0. The molecule has 0 aliphatic heterocycles. The Kier molecular flexibility index (Phi) is 2.82. The van der Waals surface area contributed by atoms with E-state index in [1.165, 1.54) is 17.1 Å². The first kappa shape index (κ1) is 11.2. The van der Waals surface area contributed by atoms with Crippen molar-refractivity contribution in [3.8, 4) is 0 Å². The molecule has 7 heteroatoms. The van der Waals surface area contributed by atoms with Crippen LogP contribution in [0.15, 0.2) is 17.0 Å². The minimum atomic E-state index is -0.333. The van der Waals surface area contributed by atoms with Gasteiger partial charge < -0.3 is 15.6 Å². The van der Waals surface area contributed by atoms with Crippen LogP contribution in [-0.4, -0.2) is 20.8 Å². The minimum Gasteiger partial charge on any atom is -0.395 e. The molecule has 0 unspecified atom stereocenters. The van der Waals surface area contributed by atoms with Crippen LogP contribution in [0.4, 0.5) is 11.4 Å². The second-order valence-electron chi connectivity index (χ2n) is 3.55. The molecule has 0 aliphatic carbocycles. The highest BCUT2D eigenvalue weighted by atomic mass is 16.5. The average molecular weight is 235 g/mol. The fourth-order valence-corrected chi connectivity index (χ4v) is 1.58. The number of hydrogen-bond acceptors (Lipinski definition) is 5. The van der Waals surface area contributed by atoms with Gasteiger partial charge in [-0.05, 0) is 6.42 Å². The quantitative estimate of drug-likeness (QED) is 0.819. The monoisotopic (exact) mass is 235 g/mol. The van der Waals surface area contributed by atoms with E-state index in [1.807, 2.05) is 6.92 Å². The fourth-order valence-electron chi connectivity index (χ4n) is 1.58. The first-order valence-corrected chi connectivity index (χ1v) is 5.15. The molecule has 0 saturated heterocycles. The molecule has 2 rings (SSSR count). The maximum Gasteiger partial charge on any atom is 0.276 e. The van der Waals surface area contributed by atoms with E-state index in [9.17, 15) is 4.79 Å². The number of nitrogen functional groups attached to an aromatic ring is 1. The predicted octanol–water partition coefficient (Wildman–Crippen LogP) is 0.805. The van der Waals surface area contributed by atoms with Crippen LogP contribution in [0.5, 0.6) is 0 Å². The number of rotatable bonds is 3. The largest absolute Gasteiger partial charge is 0.395 e. The van der Waals surface area contributed by atoms with Crippen molar-refractivity contribution in [3.63, 3.8) is 0 Å². The lowest BCUT2D eigenvalue weighted by Gasteiger charge is -2.03. The first-order valence-electron chi connectivity index (χ1n) is 5.15. The summed E-state index contributed by atoms with van der Waals surface area (Å²) in [5.74, 6) is -0.333. The van der Waals surface area contributed by atoms with Gasteiger partial charge in [0.15, 0.2) is 0 Å². The van der Waals surface area contributed by atoms with Crippen LogP contribution in [-0.2, 0) is 13.5 Å². The number of anilines is 2. The van der Waals surface area contributed by atoms with E-state index in [0.29, 0.717) is 29.2 Å². The van der Waals surface area contributed by atoms with Crippen molar-refractivity contribution in [1.82, 2.24) is 14.9 Å². The lowest BCUT2D eigenvalue weighted by Crippen LogP contribution is -2.17. The van der Waals surface area contributed by atoms with E-state index in [-0.39, 0.29) is 5.91 Å². The zero-order chi connectivity index (χ0) is 12.4. The molecule has 0 radical (unpaired) electrons. The summed E-state index contributed by atoms with van der Waals surface area (Å²) in [4.78, 5) is 12.0. The van der Waals surface area contributed by atoms with E-state index >= 15 is 0 Å². The molecule has 0 aromatic carbocycles. The number of nitrogens with zero attached hydrogens (tertiary/aromatic N) is 3. The second kappa shape index (κ2) is 4.28. The number of aryl methyl sites for hydroxylation is 2. The topological polar surface area (TPSA) is 99.0 Å². The smallest absolute Gasteiger partial charge is 0.276 e. The van der Waals surface area contributed by atoms with Crippen LogP contribution in [0.2, 0.25) is 0 Å². The highest BCUT2D eigenvalue weighted by molar-refractivity contribution is 6.06. The van der Waals surface area contributed by atoms with Crippen molar-refractivity contribution in [2.24, 2.45) is 7.05 Å². The van der Waals surface area contributed by atoms with Crippen molar-refractivity contribution in [3.05, 3.63) is 23.8 Å². The number of nitrogens with one attached hydrogen (secondary N) is 1. The van der Waals surface area contributed by atoms with Crippen molar-refractivity contribution in [1.29, 1.82) is 0 Å².